The Bertz CT molecular complexity index is 475. The van der Waals surface area contributed by atoms with Crippen LogP contribution >= 0.6 is 11.3 Å². The summed E-state index contributed by atoms with van der Waals surface area (Å²) in [6.07, 6.45) is 0. The molecule has 0 aromatic carbocycles. The van der Waals surface area contributed by atoms with Crippen LogP contribution in [0.2, 0.25) is 0 Å². The van der Waals surface area contributed by atoms with Crippen LogP contribution < -0.4 is 5.14 Å². The van der Waals surface area contributed by atoms with Gasteiger partial charge in [0.1, 0.15) is 4.21 Å². The number of carbonyl (C=O) groups excluding carboxylic acids is 1. The average Bonchev–Trinajstić information content (AvgIpc) is 2.61. The summed E-state index contributed by atoms with van der Waals surface area (Å²) in [6, 6.07) is 1.22. The van der Waals surface area contributed by atoms with Crippen molar-refractivity contribution in [1.82, 2.24) is 0 Å². The summed E-state index contributed by atoms with van der Waals surface area (Å²) >= 11 is 0.905. The summed E-state index contributed by atoms with van der Waals surface area (Å²) in [5.41, 5.74) is 0.217. The number of carbonyl (C=O) groups is 1. The Kier molecular flexibility index (Phi) is 4.06. The minimum absolute atomic E-state index is 0.0380. The molecule has 0 saturated carbocycles. The fraction of sp³-hybridized carbons (Fsp3) is 0.444. The van der Waals surface area contributed by atoms with Crippen LogP contribution in [0.3, 0.4) is 0 Å². The molecule has 90 valence electrons. The van der Waals surface area contributed by atoms with Gasteiger partial charge in [0.25, 0.3) is 0 Å². The Morgan fingerprint density at radius 3 is 2.62 bits per heavy atom. The molecule has 0 fully saturated rings. The molecule has 16 heavy (non-hydrogen) atoms. The lowest BCUT2D eigenvalue weighted by Gasteiger charge is -2.05. The van der Waals surface area contributed by atoms with Gasteiger partial charge >= 0.3 is 5.97 Å². The monoisotopic (exact) mass is 263 g/mol. The molecule has 0 atom stereocenters. The molecule has 1 rings (SSSR count). The molecule has 1 heterocycles. The smallest absolute Gasteiger partial charge is 0.339 e. The fourth-order valence-corrected chi connectivity index (χ4v) is 2.47. The Hall–Kier alpha value is -0.920. The predicted octanol–water partition coefficient (Wildman–Crippen LogP) is 1.21. The molecule has 5 nitrogen and oxygen atoms in total. The zero-order valence-corrected chi connectivity index (χ0v) is 10.6. The number of esters is 1. The Morgan fingerprint density at radius 1 is 1.56 bits per heavy atom. The molecule has 1 aromatic heterocycles. The van der Waals surface area contributed by atoms with Crippen molar-refractivity contribution in [2.45, 2.75) is 18.1 Å². The van der Waals surface area contributed by atoms with Gasteiger partial charge in [-0.15, -0.1) is 11.3 Å². The predicted molar refractivity (Wildman–Crippen MR) is 60.8 cm³/mol. The van der Waals surface area contributed by atoms with E-state index in [1.807, 2.05) is 13.8 Å². The SMILES string of the molecule is CC(C)COC(=O)c1csc(S(N)(=O)=O)c1. The highest BCUT2D eigenvalue weighted by atomic mass is 32.2. The maximum atomic E-state index is 11.4. The van der Waals surface area contributed by atoms with Crippen molar-refractivity contribution < 1.29 is 17.9 Å². The van der Waals surface area contributed by atoms with Gasteiger partial charge in [0.15, 0.2) is 0 Å². The molecule has 0 unspecified atom stereocenters. The van der Waals surface area contributed by atoms with Gasteiger partial charge in [-0.05, 0) is 12.0 Å². The third-order valence-electron chi connectivity index (χ3n) is 1.64. The van der Waals surface area contributed by atoms with Crippen molar-refractivity contribution in [3.63, 3.8) is 0 Å². The van der Waals surface area contributed by atoms with E-state index in [9.17, 15) is 13.2 Å². The van der Waals surface area contributed by atoms with Crippen molar-refractivity contribution in [2.24, 2.45) is 11.1 Å². The zero-order valence-electron chi connectivity index (χ0n) is 8.97. The molecule has 0 radical (unpaired) electrons. The molecule has 0 aliphatic heterocycles. The number of hydrogen-bond donors (Lipinski definition) is 1. The van der Waals surface area contributed by atoms with Gasteiger partial charge in [-0.25, -0.2) is 18.4 Å². The topological polar surface area (TPSA) is 86.5 Å². The minimum atomic E-state index is -3.74. The van der Waals surface area contributed by atoms with Gasteiger partial charge in [0.05, 0.1) is 12.2 Å². The van der Waals surface area contributed by atoms with E-state index in [0.29, 0.717) is 6.61 Å². The van der Waals surface area contributed by atoms with Crippen molar-refractivity contribution >= 4 is 27.3 Å². The Morgan fingerprint density at radius 2 is 2.19 bits per heavy atom. The standard InChI is InChI=1S/C9H13NO4S2/c1-6(2)4-14-9(11)7-3-8(15-5-7)16(10,12)13/h3,5-6H,4H2,1-2H3,(H2,10,12,13). The first-order valence-electron chi connectivity index (χ1n) is 4.59. The van der Waals surface area contributed by atoms with Gasteiger partial charge in [0.2, 0.25) is 10.0 Å². The van der Waals surface area contributed by atoms with E-state index >= 15 is 0 Å². The first-order chi connectivity index (χ1) is 7.30. The van der Waals surface area contributed by atoms with E-state index < -0.39 is 16.0 Å². The summed E-state index contributed by atoms with van der Waals surface area (Å²) in [5.74, 6) is -0.292. The van der Waals surface area contributed by atoms with Crippen LogP contribution in [0.15, 0.2) is 15.7 Å². The third-order valence-corrected chi connectivity index (χ3v) is 4.03. The summed E-state index contributed by atoms with van der Waals surface area (Å²) < 4.78 is 26.9. The van der Waals surface area contributed by atoms with Crippen LogP contribution in [0.4, 0.5) is 0 Å². The molecular weight excluding hydrogens is 250 g/mol. The second-order valence-electron chi connectivity index (χ2n) is 3.69. The molecular formula is C9H13NO4S2. The lowest BCUT2D eigenvalue weighted by atomic mass is 10.2. The van der Waals surface area contributed by atoms with Crippen LogP contribution in [0.1, 0.15) is 24.2 Å². The summed E-state index contributed by atoms with van der Waals surface area (Å²) in [4.78, 5) is 11.4. The average molecular weight is 263 g/mol. The van der Waals surface area contributed by atoms with Crippen LogP contribution in [-0.2, 0) is 14.8 Å². The van der Waals surface area contributed by atoms with Gasteiger partial charge in [-0.3, -0.25) is 0 Å². The van der Waals surface area contributed by atoms with Crippen LogP contribution in [0.25, 0.3) is 0 Å². The number of sulfonamides is 1. The quantitative estimate of drug-likeness (QED) is 0.827. The van der Waals surface area contributed by atoms with Crippen molar-refractivity contribution in [1.29, 1.82) is 0 Å². The Labute approximate surface area is 98.3 Å². The second kappa shape index (κ2) is 4.94. The van der Waals surface area contributed by atoms with Gasteiger partial charge in [-0.2, -0.15) is 0 Å². The normalized spacial score (nSPS) is 11.8. The van der Waals surface area contributed by atoms with E-state index in [0.717, 1.165) is 11.3 Å². The highest BCUT2D eigenvalue weighted by Crippen LogP contribution is 2.19. The second-order valence-corrected chi connectivity index (χ2v) is 6.39. The summed E-state index contributed by atoms with van der Waals surface area (Å²) in [6.45, 7) is 4.13. The van der Waals surface area contributed by atoms with Gasteiger partial charge in [-0.1, -0.05) is 13.8 Å². The number of ether oxygens (including phenoxy) is 1. The maximum Gasteiger partial charge on any atom is 0.339 e. The molecule has 1 aromatic rings. The lowest BCUT2D eigenvalue weighted by molar-refractivity contribution is 0.0459. The van der Waals surface area contributed by atoms with Crippen LogP contribution in [0, 0.1) is 5.92 Å². The number of thiophene rings is 1. The third kappa shape index (κ3) is 3.58. The van der Waals surface area contributed by atoms with Crippen molar-refractivity contribution in [2.75, 3.05) is 6.61 Å². The first kappa shape index (κ1) is 13.1. The fourth-order valence-electron chi connectivity index (χ4n) is 0.898. The van der Waals surface area contributed by atoms with E-state index in [4.69, 9.17) is 9.88 Å². The largest absolute Gasteiger partial charge is 0.462 e. The summed E-state index contributed by atoms with van der Waals surface area (Å²) in [7, 11) is -3.74. The van der Waals surface area contributed by atoms with Crippen LogP contribution in [0.5, 0.6) is 0 Å². The zero-order chi connectivity index (χ0) is 12.3. The van der Waals surface area contributed by atoms with Crippen molar-refractivity contribution in [3.05, 3.63) is 17.0 Å². The lowest BCUT2D eigenvalue weighted by Crippen LogP contribution is -2.11. The molecule has 0 aliphatic carbocycles. The maximum absolute atomic E-state index is 11.4. The molecule has 0 saturated heterocycles. The summed E-state index contributed by atoms with van der Waals surface area (Å²) in [5, 5.41) is 6.34. The van der Waals surface area contributed by atoms with Crippen LogP contribution in [-0.4, -0.2) is 21.0 Å². The number of nitrogens with two attached hydrogens (primary N) is 1. The molecule has 0 amide bonds. The molecule has 0 bridgehead atoms. The molecule has 0 spiro atoms. The number of primary sulfonamides is 1. The van der Waals surface area contributed by atoms with E-state index in [1.54, 1.807) is 0 Å². The molecule has 0 aliphatic rings. The van der Waals surface area contributed by atoms with Gasteiger partial charge < -0.3 is 4.74 Å². The first-order valence-corrected chi connectivity index (χ1v) is 7.01. The molecule has 2 N–H and O–H groups in total. The highest BCUT2D eigenvalue weighted by molar-refractivity contribution is 7.91. The number of hydrogen-bond acceptors (Lipinski definition) is 5. The minimum Gasteiger partial charge on any atom is -0.462 e. The molecule has 7 heteroatoms. The van der Waals surface area contributed by atoms with E-state index in [1.165, 1.54) is 11.4 Å². The Balaban J connectivity index is 2.75. The van der Waals surface area contributed by atoms with Gasteiger partial charge in [0, 0.05) is 5.38 Å². The number of rotatable bonds is 4. The van der Waals surface area contributed by atoms with Crippen molar-refractivity contribution in [3.8, 4) is 0 Å². The van der Waals surface area contributed by atoms with E-state index in [-0.39, 0.29) is 15.7 Å². The highest BCUT2D eigenvalue weighted by Gasteiger charge is 2.16. The van der Waals surface area contributed by atoms with E-state index in [2.05, 4.69) is 0 Å².